The van der Waals surface area contributed by atoms with Crippen molar-refractivity contribution in [2.45, 2.75) is 26.5 Å². The molecule has 0 aliphatic carbocycles. The third-order valence-electron chi connectivity index (χ3n) is 2.85. The van der Waals surface area contributed by atoms with Crippen LogP contribution in [0.3, 0.4) is 0 Å². The van der Waals surface area contributed by atoms with Gasteiger partial charge in [0, 0.05) is 13.2 Å². The van der Waals surface area contributed by atoms with Crippen molar-refractivity contribution in [3.8, 4) is 5.75 Å². The summed E-state index contributed by atoms with van der Waals surface area (Å²) in [7, 11) is 0. The molecule has 2 rings (SSSR count). The Labute approximate surface area is 107 Å². The highest BCUT2D eigenvalue weighted by atomic mass is 16.5. The second-order valence-electron chi connectivity index (χ2n) is 4.08. The molecule has 0 fully saturated rings. The van der Waals surface area contributed by atoms with Crippen LogP contribution in [0.15, 0.2) is 36.8 Å². The minimum Gasteiger partial charge on any atom is -0.487 e. The van der Waals surface area contributed by atoms with E-state index in [-0.39, 0.29) is 6.61 Å². The van der Waals surface area contributed by atoms with E-state index in [0.29, 0.717) is 13.0 Å². The molecule has 0 unspecified atom stereocenters. The highest BCUT2D eigenvalue weighted by Crippen LogP contribution is 2.14. The molecule has 0 spiro atoms. The van der Waals surface area contributed by atoms with Crippen molar-refractivity contribution in [2.24, 2.45) is 0 Å². The van der Waals surface area contributed by atoms with Gasteiger partial charge in [-0.15, -0.1) is 0 Å². The van der Waals surface area contributed by atoms with Crippen molar-refractivity contribution in [2.75, 3.05) is 6.61 Å². The monoisotopic (exact) mass is 246 g/mol. The molecule has 1 aromatic carbocycles. The topological polar surface area (TPSA) is 47.3 Å². The summed E-state index contributed by atoms with van der Waals surface area (Å²) >= 11 is 0. The van der Waals surface area contributed by atoms with E-state index in [0.717, 1.165) is 23.6 Å². The summed E-state index contributed by atoms with van der Waals surface area (Å²) in [5.74, 6) is 0.834. The Morgan fingerprint density at radius 3 is 2.72 bits per heavy atom. The fourth-order valence-corrected chi connectivity index (χ4v) is 1.79. The number of aryl methyl sites for hydroxylation is 1. The first-order valence-electron chi connectivity index (χ1n) is 6.15. The predicted molar refractivity (Wildman–Crippen MR) is 69.5 cm³/mol. The minimum atomic E-state index is 0.176. The summed E-state index contributed by atoms with van der Waals surface area (Å²) in [4.78, 5) is 4.10. The van der Waals surface area contributed by atoms with Gasteiger partial charge in [-0.25, -0.2) is 4.98 Å². The zero-order chi connectivity index (χ0) is 12.8. The molecule has 0 aliphatic heterocycles. The Bertz CT molecular complexity index is 477. The lowest BCUT2D eigenvalue weighted by Gasteiger charge is -2.08. The van der Waals surface area contributed by atoms with Crippen LogP contribution >= 0.6 is 0 Å². The first-order valence-corrected chi connectivity index (χ1v) is 6.15. The lowest BCUT2D eigenvalue weighted by molar-refractivity contribution is 0.293. The normalized spacial score (nSPS) is 10.6. The van der Waals surface area contributed by atoms with Crippen LogP contribution in [0.5, 0.6) is 5.75 Å². The molecular weight excluding hydrogens is 228 g/mol. The average Bonchev–Trinajstić information content (AvgIpc) is 2.86. The molecule has 1 heterocycles. The molecule has 0 radical (unpaired) electrons. The van der Waals surface area contributed by atoms with Crippen LogP contribution < -0.4 is 4.74 Å². The largest absolute Gasteiger partial charge is 0.487 e. The van der Waals surface area contributed by atoms with E-state index < -0.39 is 0 Å². The molecular formula is C14H18N2O2. The van der Waals surface area contributed by atoms with Crippen LogP contribution in [0.2, 0.25) is 0 Å². The maximum absolute atomic E-state index is 8.83. The fraction of sp³-hybridized carbons (Fsp3) is 0.357. The summed E-state index contributed by atoms with van der Waals surface area (Å²) in [5, 5.41) is 8.83. The lowest BCUT2D eigenvalue weighted by atomic mass is 10.1. The zero-order valence-electron chi connectivity index (χ0n) is 10.5. The Balaban J connectivity index is 1.94. The van der Waals surface area contributed by atoms with Gasteiger partial charge in [-0.3, -0.25) is 0 Å². The summed E-state index contributed by atoms with van der Waals surface area (Å²) in [6.45, 7) is 3.67. The number of rotatable bonds is 6. The SMILES string of the molecule is CCn1cncc1COc1ccc(CCO)cc1. The van der Waals surface area contributed by atoms with Crippen LogP contribution in [-0.2, 0) is 19.6 Å². The van der Waals surface area contributed by atoms with E-state index in [9.17, 15) is 0 Å². The summed E-state index contributed by atoms with van der Waals surface area (Å²) in [6.07, 6.45) is 4.32. The molecule has 4 nitrogen and oxygen atoms in total. The van der Waals surface area contributed by atoms with Gasteiger partial charge in [-0.1, -0.05) is 12.1 Å². The van der Waals surface area contributed by atoms with Crippen molar-refractivity contribution >= 4 is 0 Å². The number of aliphatic hydroxyl groups is 1. The van der Waals surface area contributed by atoms with Gasteiger partial charge >= 0.3 is 0 Å². The average molecular weight is 246 g/mol. The number of benzene rings is 1. The van der Waals surface area contributed by atoms with Gasteiger partial charge < -0.3 is 14.4 Å². The predicted octanol–water partition coefficient (Wildman–Crippen LogP) is 2.02. The molecule has 0 saturated carbocycles. The molecule has 0 atom stereocenters. The third-order valence-corrected chi connectivity index (χ3v) is 2.85. The van der Waals surface area contributed by atoms with Crippen molar-refractivity contribution in [3.63, 3.8) is 0 Å². The van der Waals surface area contributed by atoms with Gasteiger partial charge in [0.1, 0.15) is 12.4 Å². The summed E-state index contributed by atoms with van der Waals surface area (Å²) in [6, 6.07) is 7.81. The zero-order valence-corrected chi connectivity index (χ0v) is 10.5. The van der Waals surface area contributed by atoms with Crippen molar-refractivity contribution in [1.82, 2.24) is 9.55 Å². The number of hydrogen-bond acceptors (Lipinski definition) is 3. The molecule has 2 aromatic rings. The molecule has 0 bridgehead atoms. The van der Waals surface area contributed by atoms with E-state index in [1.807, 2.05) is 36.8 Å². The number of hydrogen-bond donors (Lipinski definition) is 1. The van der Waals surface area contributed by atoms with Gasteiger partial charge in [0.25, 0.3) is 0 Å². The van der Waals surface area contributed by atoms with Crippen molar-refractivity contribution in [3.05, 3.63) is 48.0 Å². The van der Waals surface area contributed by atoms with Gasteiger partial charge in [0.05, 0.1) is 18.2 Å². The molecule has 4 heteroatoms. The number of imidazole rings is 1. The second-order valence-corrected chi connectivity index (χ2v) is 4.08. The van der Waals surface area contributed by atoms with Crippen LogP contribution in [0.25, 0.3) is 0 Å². The Hall–Kier alpha value is -1.81. The molecule has 0 aliphatic rings. The Morgan fingerprint density at radius 1 is 1.28 bits per heavy atom. The van der Waals surface area contributed by atoms with Crippen LogP contribution in [0, 0.1) is 0 Å². The molecule has 0 amide bonds. The van der Waals surface area contributed by atoms with Crippen molar-refractivity contribution < 1.29 is 9.84 Å². The number of aliphatic hydroxyl groups excluding tert-OH is 1. The number of aromatic nitrogens is 2. The fourth-order valence-electron chi connectivity index (χ4n) is 1.79. The van der Waals surface area contributed by atoms with Crippen molar-refractivity contribution in [1.29, 1.82) is 0 Å². The van der Waals surface area contributed by atoms with Gasteiger partial charge in [-0.05, 0) is 31.0 Å². The highest BCUT2D eigenvalue weighted by Gasteiger charge is 2.01. The van der Waals surface area contributed by atoms with Crippen LogP contribution in [-0.4, -0.2) is 21.3 Å². The first-order chi connectivity index (χ1) is 8.83. The maximum Gasteiger partial charge on any atom is 0.130 e. The third kappa shape index (κ3) is 3.11. The first kappa shape index (κ1) is 12.6. The van der Waals surface area contributed by atoms with Crippen LogP contribution in [0.1, 0.15) is 18.2 Å². The summed E-state index contributed by atoms with van der Waals surface area (Å²) in [5.41, 5.74) is 2.18. The standard InChI is InChI=1S/C14H18N2O2/c1-2-16-11-15-9-13(16)10-18-14-5-3-12(4-6-14)7-8-17/h3-6,9,11,17H,2,7-8,10H2,1H3. The Kier molecular flexibility index (Phi) is 4.36. The smallest absolute Gasteiger partial charge is 0.130 e. The van der Waals surface area contributed by atoms with E-state index in [4.69, 9.17) is 9.84 Å². The van der Waals surface area contributed by atoms with E-state index in [2.05, 4.69) is 16.5 Å². The number of nitrogens with zero attached hydrogens (tertiary/aromatic N) is 2. The quantitative estimate of drug-likeness (QED) is 0.848. The minimum absolute atomic E-state index is 0.176. The van der Waals surface area contributed by atoms with Gasteiger partial charge in [-0.2, -0.15) is 0 Å². The second kappa shape index (κ2) is 6.21. The number of ether oxygens (including phenoxy) is 1. The lowest BCUT2D eigenvalue weighted by Crippen LogP contribution is -2.03. The van der Waals surface area contributed by atoms with Gasteiger partial charge in [0.15, 0.2) is 0 Å². The maximum atomic E-state index is 8.83. The molecule has 18 heavy (non-hydrogen) atoms. The van der Waals surface area contributed by atoms with E-state index in [1.54, 1.807) is 0 Å². The highest BCUT2D eigenvalue weighted by molar-refractivity contribution is 5.27. The Morgan fingerprint density at radius 2 is 2.06 bits per heavy atom. The molecule has 96 valence electrons. The van der Waals surface area contributed by atoms with E-state index in [1.165, 1.54) is 0 Å². The molecule has 1 N–H and O–H groups in total. The molecule has 0 saturated heterocycles. The molecule has 1 aromatic heterocycles. The van der Waals surface area contributed by atoms with E-state index >= 15 is 0 Å². The van der Waals surface area contributed by atoms with Gasteiger partial charge in [0.2, 0.25) is 0 Å². The summed E-state index contributed by atoms with van der Waals surface area (Å²) < 4.78 is 7.76. The van der Waals surface area contributed by atoms with Crippen LogP contribution in [0.4, 0.5) is 0 Å².